The van der Waals surface area contributed by atoms with Crippen molar-refractivity contribution in [3.05, 3.63) is 65.5 Å². The summed E-state index contributed by atoms with van der Waals surface area (Å²) in [5, 5.41) is 20.1. The average molecular weight is 262 g/mol. The second-order valence-electron chi connectivity index (χ2n) is 4.19. The van der Waals surface area contributed by atoms with E-state index in [1.54, 1.807) is 24.3 Å². The zero-order valence-electron chi connectivity index (χ0n) is 10.5. The van der Waals surface area contributed by atoms with Gasteiger partial charge in [-0.05, 0) is 23.3 Å². The third kappa shape index (κ3) is 2.92. The van der Waals surface area contributed by atoms with E-state index >= 15 is 0 Å². The smallest absolute Gasteiger partial charge is 0.165 e. The Hall–Kier alpha value is -1.91. The largest absolute Gasteiger partial charge is 0.494 e. The van der Waals surface area contributed by atoms with E-state index in [2.05, 4.69) is 0 Å². The maximum atomic E-state index is 13.6. The minimum Gasteiger partial charge on any atom is -0.494 e. The molecule has 4 heteroatoms. The highest BCUT2D eigenvalue weighted by Crippen LogP contribution is 2.30. The molecule has 0 aromatic heterocycles. The van der Waals surface area contributed by atoms with Crippen molar-refractivity contribution in [2.24, 2.45) is 0 Å². The van der Waals surface area contributed by atoms with Crippen molar-refractivity contribution < 1.29 is 19.3 Å². The van der Waals surface area contributed by atoms with Crippen LogP contribution in [0.3, 0.4) is 0 Å². The first-order chi connectivity index (χ1) is 9.13. The van der Waals surface area contributed by atoms with E-state index in [0.29, 0.717) is 11.1 Å². The SMILES string of the molecule is COc1ccc(C(O)C(O)c2ccccc2)cc1F. The van der Waals surface area contributed by atoms with E-state index in [4.69, 9.17) is 4.74 Å². The quantitative estimate of drug-likeness (QED) is 0.890. The topological polar surface area (TPSA) is 49.7 Å². The Kier molecular flexibility index (Phi) is 4.14. The van der Waals surface area contributed by atoms with Crippen LogP contribution in [-0.4, -0.2) is 17.3 Å². The predicted molar refractivity (Wildman–Crippen MR) is 69.3 cm³/mol. The molecule has 0 aliphatic heterocycles. The maximum Gasteiger partial charge on any atom is 0.165 e. The number of hydrogen-bond acceptors (Lipinski definition) is 3. The Labute approximate surface area is 110 Å². The van der Waals surface area contributed by atoms with Gasteiger partial charge in [0.05, 0.1) is 7.11 Å². The monoisotopic (exact) mass is 262 g/mol. The minimum atomic E-state index is -1.19. The number of hydrogen-bond donors (Lipinski definition) is 2. The van der Waals surface area contributed by atoms with Gasteiger partial charge in [0, 0.05) is 0 Å². The van der Waals surface area contributed by atoms with Gasteiger partial charge in [-0.1, -0.05) is 36.4 Å². The molecule has 2 unspecified atom stereocenters. The van der Waals surface area contributed by atoms with Crippen molar-refractivity contribution in [2.45, 2.75) is 12.2 Å². The molecule has 2 aromatic carbocycles. The normalized spacial score (nSPS) is 13.9. The molecular formula is C15H15FO3. The van der Waals surface area contributed by atoms with Crippen molar-refractivity contribution >= 4 is 0 Å². The first-order valence-corrected chi connectivity index (χ1v) is 5.88. The van der Waals surface area contributed by atoms with Gasteiger partial charge >= 0.3 is 0 Å². The first-order valence-electron chi connectivity index (χ1n) is 5.88. The number of benzene rings is 2. The Morgan fingerprint density at radius 2 is 1.58 bits per heavy atom. The van der Waals surface area contributed by atoms with Crippen molar-refractivity contribution in [3.8, 4) is 5.75 Å². The van der Waals surface area contributed by atoms with E-state index in [1.165, 1.54) is 19.2 Å². The summed E-state index contributed by atoms with van der Waals surface area (Å²) in [6.07, 6.45) is -2.29. The molecule has 2 aromatic rings. The minimum absolute atomic E-state index is 0.102. The van der Waals surface area contributed by atoms with E-state index in [0.717, 1.165) is 6.07 Å². The van der Waals surface area contributed by atoms with Gasteiger partial charge in [-0.3, -0.25) is 0 Å². The number of aliphatic hydroxyl groups is 2. The van der Waals surface area contributed by atoms with Gasteiger partial charge in [-0.25, -0.2) is 4.39 Å². The lowest BCUT2D eigenvalue weighted by Crippen LogP contribution is -2.10. The van der Waals surface area contributed by atoms with E-state index < -0.39 is 18.0 Å². The van der Waals surface area contributed by atoms with E-state index in [-0.39, 0.29) is 5.75 Å². The highest BCUT2D eigenvalue weighted by molar-refractivity contribution is 5.32. The first kappa shape index (κ1) is 13.5. The molecule has 100 valence electrons. The van der Waals surface area contributed by atoms with E-state index in [9.17, 15) is 14.6 Å². The van der Waals surface area contributed by atoms with Crippen LogP contribution in [0.2, 0.25) is 0 Å². The van der Waals surface area contributed by atoms with Crippen molar-refractivity contribution in [2.75, 3.05) is 7.11 Å². The second kappa shape index (κ2) is 5.82. The standard InChI is InChI=1S/C15H15FO3/c1-19-13-8-7-11(9-12(13)16)15(18)14(17)10-5-3-2-4-6-10/h2-9,14-15,17-18H,1H3. The van der Waals surface area contributed by atoms with Crippen LogP contribution in [-0.2, 0) is 0 Å². The molecule has 19 heavy (non-hydrogen) atoms. The number of rotatable bonds is 4. The Bertz CT molecular complexity index is 542. The van der Waals surface area contributed by atoms with Crippen LogP contribution in [0.1, 0.15) is 23.3 Å². The van der Waals surface area contributed by atoms with Gasteiger partial charge in [-0.2, -0.15) is 0 Å². The molecule has 0 bridgehead atoms. The summed E-state index contributed by atoms with van der Waals surface area (Å²) in [4.78, 5) is 0. The van der Waals surface area contributed by atoms with Crippen molar-refractivity contribution in [1.29, 1.82) is 0 Å². The van der Waals surface area contributed by atoms with Crippen molar-refractivity contribution in [1.82, 2.24) is 0 Å². The highest BCUT2D eigenvalue weighted by Gasteiger charge is 2.21. The van der Waals surface area contributed by atoms with Gasteiger partial charge in [-0.15, -0.1) is 0 Å². The fraction of sp³-hybridized carbons (Fsp3) is 0.200. The molecule has 0 saturated heterocycles. The van der Waals surface area contributed by atoms with E-state index in [1.807, 2.05) is 6.07 Å². The Morgan fingerprint density at radius 3 is 2.16 bits per heavy atom. The molecular weight excluding hydrogens is 247 g/mol. The predicted octanol–water partition coefficient (Wildman–Crippen LogP) is 2.60. The van der Waals surface area contributed by atoms with Crippen LogP contribution >= 0.6 is 0 Å². The fourth-order valence-electron chi connectivity index (χ4n) is 1.88. The second-order valence-corrected chi connectivity index (χ2v) is 4.19. The summed E-state index contributed by atoms with van der Waals surface area (Å²) in [5.41, 5.74) is 0.876. The third-order valence-electron chi connectivity index (χ3n) is 2.96. The van der Waals surface area contributed by atoms with Gasteiger partial charge < -0.3 is 14.9 Å². The van der Waals surface area contributed by atoms with Crippen molar-refractivity contribution in [3.63, 3.8) is 0 Å². The molecule has 0 heterocycles. The summed E-state index contributed by atoms with van der Waals surface area (Å²) < 4.78 is 18.4. The fourth-order valence-corrected chi connectivity index (χ4v) is 1.88. The van der Waals surface area contributed by atoms with Crippen LogP contribution < -0.4 is 4.74 Å². The molecule has 3 nitrogen and oxygen atoms in total. The number of aliphatic hydroxyl groups excluding tert-OH is 2. The average Bonchev–Trinajstić information content (AvgIpc) is 2.46. The summed E-state index contributed by atoms with van der Waals surface area (Å²) in [5.74, 6) is -0.468. The van der Waals surface area contributed by atoms with Gasteiger partial charge in [0.1, 0.15) is 12.2 Å². The molecule has 0 radical (unpaired) electrons. The molecule has 2 atom stereocenters. The summed E-state index contributed by atoms with van der Waals surface area (Å²) >= 11 is 0. The number of halogens is 1. The summed E-state index contributed by atoms with van der Waals surface area (Å²) in [6, 6.07) is 12.9. The zero-order chi connectivity index (χ0) is 13.8. The molecule has 2 N–H and O–H groups in total. The summed E-state index contributed by atoms with van der Waals surface area (Å²) in [6.45, 7) is 0. The Balaban J connectivity index is 2.24. The summed E-state index contributed by atoms with van der Waals surface area (Å²) in [7, 11) is 1.37. The Morgan fingerprint density at radius 1 is 0.947 bits per heavy atom. The molecule has 0 spiro atoms. The molecule has 2 rings (SSSR count). The molecule has 0 saturated carbocycles. The van der Waals surface area contributed by atoms with Crippen LogP contribution in [0.15, 0.2) is 48.5 Å². The van der Waals surface area contributed by atoms with Gasteiger partial charge in [0.15, 0.2) is 11.6 Å². The molecule has 0 fully saturated rings. The lowest BCUT2D eigenvalue weighted by Gasteiger charge is -2.19. The van der Waals surface area contributed by atoms with Crippen LogP contribution in [0.25, 0.3) is 0 Å². The lowest BCUT2D eigenvalue weighted by atomic mass is 9.98. The zero-order valence-corrected chi connectivity index (χ0v) is 10.5. The number of ether oxygens (including phenoxy) is 1. The van der Waals surface area contributed by atoms with Crippen LogP contribution in [0, 0.1) is 5.82 Å². The molecule has 0 aliphatic carbocycles. The highest BCUT2D eigenvalue weighted by atomic mass is 19.1. The molecule has 0 aliphatic rings. The van der Waals surface area contributed by atoms with Crippen LogP contribution in [0.4, 0.5) is 4.39 Å². The lowest BCUT2D eigenvalue weighted by molar-refractivity contribution is 0.0170. The van der Waals surface area contributed by atoms with Gasteiger partial charge in [0.2, 0.25) is 0 Å². The van der Waals surface area contributed by atoms with Crippen LogP contribution in [0.5, 0.6) is 5.75 Å². The number of methoxy groups -OCH3 is 1. The molecule has 0 amide bonds. The van der Waals surface area contributed by atoms with Gasteiger partial charge in [0.25, 0.3) is 0 Å². The third-order valence-corrected chi connectivity index (χ3v) is 2.96. The maximum absolute atomic E-state index is 13.6.